The minimum absolute atomic E-state index is 0.0198. The lowest BCUT2D eigenvalue weighted by Gasteiger charge is -2.59. The van der Waals surface area contributed by atoms with Crippen molar-refractivity contribution in [3.8, 4) is 5.75 Å². The van der Waals surface area contributed by atoms with Crippen LogP contribution in [0.5, 0.6) is 5.75 Å². The van der Waals surface area contributed by atoms with Crippen LogP contribution in [0.25, 0.3) is 0 Å². The highest BCUT2D eigenvalue weighted by Crippen LogP contribution is 2.61. The largest absolute Gasteiger partial charge is 0.494 e. The highest BCUT2D eigenvalue weighted by Gasteiger charge is 2.53. The number of hydrogen-bond donors (Lipinski definition) is 2. The van der Waals surface area contributed by atoms with Crippen LogP contribution in [-0.2, 0) is 0 Å². The molecule has 1 unspecified atom stereocenters. The number of urea groups is 1. The minimum atomic E-state index is -0.0198. The van der Waals surface area contributed by atoms with Gasteiger partial charge in [-0.1, -0.05) is 17.7 Å². The number of carbonyl (C=O) groups is 1. The Bertz CT molecular complexity index is 620. The van der Waals surface area contributed by atoms with Gasteiger partial charge in [0.2, 0.25) is 0 Å². The van der Waals surface area contributed by atoms with Crippen molar-refractivity contribution in [1.82, 2.24) is 10.6 Å². The molecule has 4 bridgehead atoms. The summed E-state index contributed by atoms with van der Waals surface area (Å²) in [6, 6.07) is 8.33. The van der Waals surface area contributed by atoms with Gasteiger partial charge >= 0.3 is 6.03 Å². The fraction of sp³-hybridized carbons (Fsp3) is 0.696. The van der Waals surface area contributed by atoms with E-state index in [4.69, 9.17) is 4.74 Å². The lowest BCUT2D eigenvalue weighted by atomic mass is 9.48. The zero-order valence-corrected chi connectivity index (χ0v) is 16.8. The highest BCUT2D eigenvalue weighted by atomic mass is 16.5. The lowest BCUT2D eigenvalue weighted by molar-refractivity contribution is -0.0682. The van der Waals surface area contributed by atoms with E-state index in [-0.39, 0.29) is 12.1 Å². The minimum Gasteiger partial charge on any atom is -0.494 e. The first-order chi connectivity index (χ1) is 13.0. The summed E-state index contributed by atoms with van der Waals surface area (Å²) in [5.41, 5.74) is 1.59. The highest BCUT2D eigenvalue weighted by molar-refractivity contribution is 5.74. The molecule has 0 aromatic heterocycles. The van der Waals surface area contributed by atoms with Crippen LogP contribution in [0.3, 0.4) is 0 Å². The topological polar surface area (TPSA) is 50.4 Å². The Kier molecular flexibility index (Phi) is 5.34. The van der Waals surface area contributed by atoms with Gasteiger partial charge in [-0.25, -0.2) is 4.79 Å². The first-order valence-corrected chi connectivity index (χ1v) is 10.8. The number of hydrogen-bond acceptors (Lipinski definition) is 2. The zero-order valence-electron chi connectivity index (χ0n) is 16.8. The SMILES string of the molecule is Cc1ccc(OCCCNC(=O)NC(C)C23CC4CC(CC(C4)C2)C3)cc1. The van der Waals surface area contributed by atoms with Gasteiger partial charge in [-0.15, -0.1) is 0 Å². The number of nitrogens with one attached hydrogen (secondary N) is 2. The lowest BCUT2D eigenvalue weighted by Crippen LogP contribution is -2.57. The van der Waals surface area contributed by atoms with E-state index in [1.807, 2.05) is 24.3 Å². The summed E-state index contributed by atoms with van der Waals surface area (Å²) in [4.78, 5) is 12.4. The van der Waals surface area contributed by atoms with Gasteiger partial charge in [0.05, 0.1) is 6.61 Å². The molecule has 148 valence electrons. The van der Waals surface area contributed by atoms with E-state index < -0.39 is 0 Å². The molecule has 0 spiro atoms. The molecule has 5 rings (SSSR count). The summed E-state index contributed by atoms with van der Waals surface area (Å²) >= 11 is 0. The fourth-order valence-electron chi connectivity index (χ4n) is 6.21. The average molecular weight is 371 g/mol. The van der Waals surface area contributed by atoms with E-state index in [2.05, 4.69) is 24.5 Å². The van der Waals surface area contributed by atoms with Gasteiger partial charge in [0.25, 0.3) is 0 Å². The maximum atomic E-state index is 12.4. The van der Waals surface area contributed by atoms with E-state index in [9.17, 15) is 4.79 Å². The van der Waals surface area contributed by atoms with Gasteiger partial charge in [-0.05, 0) is 94.1 Å². The number of benzene rings is 1. The molecular weight excluding hydrogens is 336 g/mol. The van der Waals surface area contributed by atoms with Crippen LogP contribution in [0.4, 0.5) is 4.79 Å². The van der Waals surface area contributed by atoms with E-state index >= 15 is 0 Å². The van der Waals surface area contributed by atoms with Crippen molar-refractivity contribution in [2.45, 2.75) is 64.8 Å². The summed E-state index contributed by atoms with van der Waals surface area (Å²) in [6.45, 7) is 5.56. The molecule has 1 aromatic rings. The van der Waals surface area contributed by atoms with Gasteiger partial charge in [-0.2, -0.15) is 0 Å². The maximum Gasteiger partial charge on any atom is 0.315 e. The molecule has 0 radical (unpaired) electrons. The van der Waals surface area contributed by atoms with Gasteiger partial charge < -0.3 is 15.4 Å². The fourth-order valence-corrected chi connectivity index (χ4v) is 6.21. The smallest absolute Gasteiger partial charge is 0.315 e. The number of aryl methyl sites for hydroxylation is 1. The van der Waals surface area contributed by atoms with Crippen molar-refractivity contribution < 1.29 is 9.53 Å². The normalized spacial score (nSPS) is 32.1. The van der Waals surface area contributed by atoms with E-state index in [1.54, 1.807) is 0 Å². The van der Waals surface area contributed by atoms with Crippen molar-refractivity contribution in [3.63, 3.8) is 0 Å². The molecule has 0 aliphatic heterocycles. The monoisotopic (exact) mass is 370 g/mol. The summed E-state index contributed by atoms with van der Waals surface area (Å²) in [5, 5.41) is 6.27. The molecule has 1 aromatic carbocycles. The van der Waals surface area contributed by atoms with Gasteiger partial charge in [0.15, 0.2) is 0 Å². The third kappa shape index (κ3) is 4.25. The molecule has 4 aliphatic carbocycles. The molecule has 0 heterocycles. The van der Waals surface area contributed by atoms with Crippen LogP contribution in [0.15, 0.2) is 24.3 Å². The van der Waals surface area contributed by atoms with E-state index in [0.717, 1.165) is 29.9 Å². The third-order valence-corrected chi connectivity index (χ3v) is 7.25. The Labute approximate surface area is 163 Å². The van der Waals surface area contributed by atoms with Crippen LogP contribution in [0, 0.1) is 30.1 Å². The standard InChI is InChI=1S/C23H34N2O2/c1-16-4-6-21(7-5-16)27-9-3-8-24-22(26)25-17(2)23-13-18-10-19(14-23)12-20(11-18)15-23/h4-7,17-20H,3,8-15H2,1-2H3,(H2,24,25,26). The van der Waals surface area contributed by atoms with E-state index in [1.165, 1.54) is 44.1 Å². The second kappa shape index (κ2) is 7.73. The summed E-state index contributed by atoms with van der Waals surface area (Å²) in [7, 11) is 0. The van der Waals surface area contributed by atoms with Crippen molar-refractivity contribution in [2.24, 2.45) is 23.2 Å². The molecule has 1 atom stereocenters. The predicted octanol–water partition coefficient (Wildman–Crippen LogP) is 4.67. The molecule has 2 N–H and O–H groups in total. The Morgan fingerprint density at radius 1 is 1.11 bits per heavy atom. The van der Waals surface area contributed by atoms with E-state index in [0.29, 0.717) is 18.6 Å². The van der Waals surface area contributed by atoms with Gasteiger partial charge in [0.1, 0.15) is 5.75 Å². The second-order valence-electron chi connectivity index (χ2n) is 9.42. The Morgan fingerprint density at radius 3 is 2.30 bits per heavy atom. The molecule has 4 aliphatic rings. The molecule has 0 saturated heterocycles. The van der Waals surface area contributed by atoms with Crippen molar-refractivity contribution in [1.29, 1.82) is 0 Å². The third-order valence-electron chi connectivity index (χ3n) is 7.25. The number of ether oxygens (including phenoxy) is 1. The Balaban J connectivity index is 1.17. The molecule has 4 fully saturated rings. The van der Waals surface area contributed by atoms with Crippen LogP contribution >= 0.6 is 0 Å². The van der Waals surface area contributed by atoms with Crippen LogP contribution in [0.2, 0.25) is 0 Å². The van der Waals surface area contributed by atoms with Crippen molar-refractivity contribution in [3.05, 3.63) is 29.8 Å². The summed E-state index contributed by atoms with van der Waals surface area (Å²) in [6.07, 6.45) is 9.12. The van der Waals surface area contributed by atoms with Gasteiger partial charge in [0, 0.05) is 12.6 Å². The molecule has 2 amide bonds. The van der Waals surface area contributed by atoms with Crippen molar-refractivity contribution in [2.75, 3.05) is 13.2 Å². The average Bonchev–Trinajstić information content (AvgIpc) is 2.62. The summed E-state index contributed by atoms with van der Waals surface area (Å²) < 4.78 is 5.72. The first kappa shape index (κ1) is 18.6. The van der Waals surface area contributed by atoms with Crippen LogP contribution in [-0.4, -0.2) is 25.2 Å². The first-order valence-electron chi connectivity index (χ1n) is 10.8. The van der Waals surface area contributed by atoms with Crippen LogP contribution in [0.1, 0.15) is 57.4 Å². The second-order valence-corrected chi connectivity index (χ2v) is 9.42. The van der Waals surface area contributed by atoms with Gasteiger partial charge in [-0.3, -0.25) is 0 Å². The molecule has 4 heteroatoms. The maximum absolute atomic E-state index is 12.4. The quantitative estimate of drug-likeness (QED) is 0.685. The molecular formula is C23H34N2O2. The molecule has 4 nitrogen and oxygen atoms in total. The predicted molar refractivity (Wildman–Crippen MR) is 108 cm³/mol. The molecule has 27 heavy (non-hydrogen) atoms. The van der Waals surface area contributed by atoms with Crippen LogP contribution < -0.4 is 15.4 Å². The number of carbonyl (C=O) groups excluding carboxylic acids is 1. The molecule has 4 saturated carbocycles. The Hall–Kier alpha value is -1.71. The number of rotatable bonds is 7. The zero-order chi connectivity index (χ0) is 18.9. The Morgan fingerprint density at radius 2 is 1.70 bits per heavy atom. The number of amides is 2. The summed E-state index contributed by atoms with van der Waals surface area (Å²) in [5.74, 6) is 3.65. The van der Waals surface area contributed by atoms with Crippen molar-refractivity contribution >= 4 is 6.03 Å².